The number of piperidine rings is 1. The molecule has 0 unspecified atom stereocenters. The summed E-state index contributed by atoms with van der Waals surface area (Å²) in [6.07, 6.45) is 4.05. The zero-order chi connectivity index (χ0) is 20.1. The van der Waals surface area contributed by atoms with Gasteiger partial charge in [0.2, 0.25) is 0 Å². The number of likely N-dealkylation sites (tertiary alicyclic amines) is 1. The summed E-state index contributed by atoms with van der Waals surface area (Å²) in [5, 5.41) is 0. The maximum Gasteiger partial charge on any atom is 0.122 e. The highest BCUT2D eigenvalue weighted by molar-refractivity contribution is 5.68. The lowest BCUT2D eigenvalue weighted by molar-refractivity contribution is 0.220. The largest absolute Gasteiger partial charge is 0.489 e. The van der Waals surface area contributed by atoms with Crippen molar-refractivity contribution in [1.82, 2.24) is 4.90 Å². The van der Waals surface area contributed by atoms with E-state index in [1.54, 1.807) is 0 Å². The Balaban J connectivity index is 1.44. The smallest absolute Gasteiger partial charge is 0.122 e. The standard InChI is InChI=1S/C27H31NO/c1-21-18-23(19-28-16-7-4-8-17-28)14-15-27(21)29-20-25-12-9-13-26(22(25)2)24-10-5-3-6-11-24/h3,5-6,9-15,18H,4,7-8,16-17,19-20H2,1-2H3. The third-order valence-corrected chi connectivity index (χ3v) is 6.01. The molecular formula is C27H31NO. The Morgan fingerprint density at radius 1 is 0.828 bits per heavy atom. The van der Waals surface area contributed by atoms with E-state index in [0.717, 1.165) is 12.3 Å². The number of rotatable bonds is 6. The van der Waals surface area contributed by atoms with E-state index in [4.69, 9.17) is 4.74 Å². The van der Waals surface area contributed by atoms with Crippen LogP contribution >= 0.6 is 0 Å². The van der Waals surface area contributed by atoms with Gasteiger partial charge in [-0.05, 0) is 79.2 Å². The van der Waals surface area contributed by atoms with Gasteiger partial charge < -0.3 is 4.74 Å². The molecule has 150 valence electrons. The summed E-state index contributed by atoms with van der Waals surface area (Å²) in [6, 6.07) is 23.7. The van der Waals surface area contributed by atoms with E-state index in [2.05, 4.69) is 85.5 Å². The van der Waals surface area contributed by atoms with Crippen LogP contribution in [0, 0.1) is 13.8 Å². The van der Waals surface area contributed by atoms with Gasteiger partial charge in [-0.3, -0.25) is 4.90 Å². The SMILES string of the molecule is Cc1cc(CN2CCCCC2)ccc1OCc1cccc(-c2ccccc2)c1C. The van der Waals surface area contributed by atoms with Gasteiger partial charge in [0.1, 0.15) is 12.4 Å². The Morgan fingerprint density at radius 2 is 1.62 bits per heavy atom. The molecule has 0 aromatic heterocycles. The van der Waals surface area contributed by atoms with Crippen LogP contribution in [-0.2, 0) is 13.2 Å². The average molecular weight is 386 g/mol. The third-order valence-electron chi connectivity index (χ3n) is 6.01. The molecule has 2 heteroatoms. The summed E-state index contributed by atoms with van der Waals surface area (Å²) in [5.41, 5.74) is 7.67. The molecule has 3 aromatic carbocycles. The van der Waals surface area contributed by atoms with Gasteiger partial charge in [-0.25, -0.2) is 0 Å². The van der Waals surface area contributed by atoms with E-state index in [1.165, 1.54) is 65.7 Å². The molecule has 1 saturated heterocycles. The number of nitrogens with zero attached hydrogens (tertiary/aromatic N) is 1. The summed E-state index contributed by atoms with van der Waals surface area (Å²) in [4.78, 5) is 2.57. The second-order valence-corrected chi connectivity index (χ2v) is 8.18. The van der Waals surface area contributed by atoms with E-state index in [-0.39, 0.29) is 0 Å². The topological polar surface area (TPSA) is 12.5 Å². The number of benzene rings is 3. The average Bonchev–Trinajstić information content (AvgIpc) is 2.75. The number of hydrogen-bond acceptors (Lipinski definition) is 2. The number of hydrogen-bond donors (Lipinski definition) is 0. The van der Waals surface area contributed by atoms with Crippen molar-refractivity contribution in [3.8, 4) is 16.9 Å². The molecule has 0 bridgehead atoms. The first kappa shape index (κ1) is 19.7. The summed E-state index contributed by atoms with van der Waals surface area (Å²) in [7, 11) is 0. The summed E-state index contributed by atoms with van der Waals surface area (Å²) >= 11 is 0. The Kier molecular flexibility index (Phi) is 6.31. The Morgan fingerprint density at radius 3 is 2.38 bits per heavy atom. The fraction of sp³-hybridized carbons (Fsp3) is 0.333. The van der Waals surface area contributed by atoms with Gasteiger partial charge in [-0.2, -0.15) is 0 Å². The zero-order valence-electron chi connectivity index (χ0n) is 17.7. The summed E-state index contributed by atoms with van der Waals surface area (Å²) in [6.45, 7) is 8.46. The van der Waals surface area contributed by atoms with E-state index >= 15 is 0 Å². The maximum atomic E-state index is 6.23. The highest BCUT2D eigenvalue weighted by atomic mass is 16.5. The molecule has 1 aliphatic heterocycles. The van der Waals surface area contributed by atoms with Gasteiger partial charge in [0.05, 0.1) is 0 Å². The summed E-state index contributed by atoms with van der Waals surface area (Å²) < 4.78 is 6.23. The molecule has 0 amide bonds. The molecule has 1 heterocycles. The first-order valence-electron chi connectivity index (χ1n) is 10.8. The third kappa shape index (κ3) is 4.89. The van der Waals surface area contributed by atoms with E-state index in [9.17, 15) is 0 Å². The van der Waals surface area contributed by atoms with Crippen LogP contribution in [-0.4, -0.2) is 18.0 Å². The molecule has 0 aliphatic carbocycles. The molecule has 1 aliphatic rings. The van der Waals surface area contributed by atoms with Crippen molar-refractivity contribution in [3.63, 3.8) is 0 Å². The normalized spacial score (nSPS) is 14.7. The molecule has 0 spiro atoms. The highest BCUT2D eigenvalue weighted by Gasteiger charge is 2.12. The van der Waals surface area contributed by atoms with Crippen molar-refractivity contribution in [2.75, 3.05) is 13.1 Å². The first-order chi connectivity index (χ1) is 14.2. The molecule has 0 atom stereocenters. The predicted octanol–water partition coefficient (Wildman–Crippen LogP) is 6.54. The van der Waals surface area contributed by atoms with Crippen LogP contribution in [0.2, 0.25) is 0 Å². The van der Waals surface area contributed by atoms with E-state index in [1.807, 2.05) is 0 Å². The molecule has 0 N–H and O–H groups in total. The zero-order valence-corrected chi connectivity index (χ0v) is 17.7. The number of aryl methyl sites for hydroxylation is 1. The van der Waals surface area contributed by atoms with Crippen molar-refractivity contribution >= 4 is 0 Å². The van der Waals surface area contributed by atoms with Crippen LogP contribution in [0.4, 0.5) is 0 Å². The molecular weight excluding hydrogens is 354 g/mol. The minimum absolute atomic E-state index is 0.596. The molecule has 0 radical (unpaired) electrons. The number of ether oxygens (including phenoxy) is 1. The van der Waals surface area contributed by atoms with Crippen LogP contribution in [0.3, 0.4) is 0 Å². The van der Waals surface area contributed by atoms with Crippen LogP contribution in [0.1, 0.15) is 41.5 Å². The molecule has 3 aromatic rings. The minimum Gasteiger partial charge on any atom is -0.489 e. The Bertz CT molecular complexity index is 942. The lowest BCUT2D eigenvalue weighted by atomic mass is 9.97. The second kappa shape index (κ2) is 9.28. The van der Waals surface area contributed by atoms with Crippen molar-refractivity contribution in [1.29, 1.82) is 0 Å². The minimum atomic E-state index is 0.596. The highest BCUT2D eigenvalue weighted by Crippen LogP contribution is 2.27. The van der Waals surface area contributed by atoms with Gasteiger partial charge >= 0.3 is 0 Å². The lowest BCUT2D eigenvalue weighted by Gasteiger charge is -2.26. The molecule has 2 nitrogen and oxygen atoms in total. The van der Waals surface area contributed by atoms with Gasteiger partial charge in [0.15, 0.2) is 0 Å². The fourth-order valence-corrected chi connectivity index (χ4v) is 4.27. The molecule has 29 heavy (non-hydrogen) atoms. The monoisotopic (exact) mass is 385 g/mol. The molecule has 1 fully saturated rings. The van der Waals surface area contributed by atoms with Crippen molar-refractivity contribution < 1.29 is 4.74 Å². The maximum absolute atomic E-state index is 6.23. The van der Waals surface area contributed by atoms with Gasteiger partial charge in [-0.15, -0.1) is 0 Å². The fourth-order valence-electron chi connectivity index (χ4n) is 4.27. The molecule has 0 saturated carbocycles. The predicted molar refractivity (Wildman–Crippen MR) is 121 cm³/mol. The van der Waals surface area contributed by atoms with Crippen molar-refractivity contribution in [2.45, 2.75) is 46.3 Å². The van der Waals surface area contributed by atoms with E-state index < -0.39 is 0 Å². The van der Waals surface area contributed by atoms with Gasteiger partial charge in [-0.1, -0.05) is 67.1 Å². The lowest BCUT2D eigenvalue weighted by Crippen LogP contribution is -2.29. The van der Waals surface area contributed by atoms with Crippen molar-refractivity contribution in [3.05, 3.63) is 89.0 Å². The van der Waals surface area contributed by atoms with E-state index in [0.29, 0.717) is 6.61 Å². The summed E-state index contributed by atoms with van der Waals surface area (Å²) in [5.74, 6) is 0.983. The van der Waals surface area contributed by atoms with Crippen LogP contribution < -0.4 is 4.74 Å². The quantitative estimate of drug-likeness (QED) is 0.478. The van der Waals surface area contributed by atoms with Crippen molar-refractivity contribution in [2.24, 2.45) is 0 Å². The van der Waals surface area contributed by atoms with Crippen LogP contribution in [0.5, 0.6) is 5.75 Å². The second-order valence-electron chi connectivity index (χ2n) is 8.18. The van der Waals surface area contributed by atoms with Crippen LogP contribution in [0.15, 0.2) is 66.7 Å². The first-order valence-corrected chi connectivity index (χ1v) is 10.8. The Hall–Kier alpha value is -2.58. The van der Waals surface area contributed by atoms with Crippen LogP contribution in [0.25, 0.3) is 11.1 Å². The van der Waals surface area contributed by atoms with Gasteiger partial charge in [0.25, 0.3) is 0 Å². The Labute approximate surface area is 175 Å². The van der Waals surface area contributed by atoms with Gasteiger partial charge in [0, 0.05) is 6.54 Å². The molecule has 4 rings (SSSR count).